The molecular weight excluding hydrogens is 206 g/mol. The number of rotatable bonds is 7. The molecule has 0 bridgehead atoms. The molecule has 15 heavy (non-hydrogen) atoms. The van der Waals surface area contributed by atoms with E-state index in [0.717, 1.165) is 30.7 Å². The van der Waals surface area contributed by atoms with E-state index in [1.54, 1.807) is 0 Å². The minimum atomic E-state index is 0.345. The summed E-state index contributed by atoms with van der Waals surface area (Å²) in [6.45, 7) is 1.48. The molecule has 1 aliphatic carbocycles. The van der Waals surface area contributed by atoms with Crippen LogP contribution in [0.15, 0.2) is 0 Å². The van der Waals surface area contributed by atoms with Crippen molar-refractivity contribution in [2.45, 2.75) is 56.2 Å². The summed E-state index contributed by atoms with van der Waals surface area (Å²) < 4.78 is 0. The molecule has 2 atom stereocenters. The van der Waals surface area contributed by atoms with Crippen LogP contribution in [0.2, 0.25) is 0 Å². The number of thioether (sulfide) groups is 1. The Labute approximate surface area is 98.2 Å². The summed E-state index contributed by atoms with van der Waals surface area (Å²) in [5.41, 5.74) is 0. The lowest BCUT2D eigenvalue weighted by molar-refractivity contribution is 0.281. The predicted octanol–water partition coefficient (Wildman–Crippen LogP) is 2.41. The van der Waals surface area contributed by atoms with Gasteiger partial charge in [-0.3, -0.25) is 0 Å². The Morgan fingerprint density at radius 2 is 2.13 bits per heavy atom. The van der Waals surface area contributed by atoms with Gasteiger partial charge >= 0.3 is 0 Å². The second-order valence-corrected chi connectivity index (χ2v) is 5.60. The molecule has 3 heteroatoms. The lowest BCUT2D eigenvalue weighted by atomic mass is 9.95. The highest BCUT2D eigenvalue weighted by Gasteiger charge is 2.20. The molecule has 0 aromatic heterocycles. The van der Waals surface area contributed by atoms with Crippen LogP contribution in [0.5, 0.6) is 0 Å². The molecule has 1 saturated carbocycles. The van der Waals surface area contributed by atoms with E-state index in [9.17, 15) is 0 Å². The first-order valence-electron chi connectivity index (χ1n) is 6.24. The molecule has 0 radical (unpaired) electrons. The first-order valence-corrected chi connectivity index (χ1v) is 7.52. The van der Waals surface area contributed by atoms with Gasteiger partial charge in [-0.05, 0) is 51.3 Å². The van der Waals surface area contributed by atoms with Crippen molar-refractivity contribution in [2.24, 2.45) is 0 Å². The number of aliphatic hydroxyl groups is 1. The minimum absolute atomic E-state index is 0.345. The first kappa shape index (κ1) is 13.3. The van der Waals surface area contributed by atoms with Crippen molar-refractivity contribution in [1.29, 1.82) is 0 Å². The Morgan fingerprint density at radius 3 is 2.87 bits per heavy atom. The number of hydrogen-bond acceptors (Lipinski definition) is 3. The second kappa shape index (κ2) is 8.43. The van der Waals surface area contributed by atoms with Crippen LogP contribution in [0.1, 0.15) is 44.9 Å². The largest absolute Gasteiger partial charge is 0.396 e. The van der Waals surface area contributed by atoms with E-state index >= 15 is 0 Å². The van der Waals surface area contributed by atoms with Crippen molar-refractivity contribution in [3.8, 4) is 0 Å². The summed E-state index contributed by atoms with van der Waals surface area (Å²) >= 11 is 2.02. The van der Waals surface area contributed by atoms with E-state index in [4.69, 9.17) is 5.11 Å². The Balaban J connectivity index is 2.00. The van der Waals surface area contributed by atoms with Gasteiger partial charge in [0, 0.05) is 17.9 Å². The van der Waals surface area contributed by atoms with Gasteiger partial charge in [-0.25, -0.2) is 0 Å². The molecular formula is C12H25NOS. The van der Waals surface area contributed by atoms with Crippen LogP contribution in [0, 0.1) is 0 Å². The molecule has 0 amide bonds. The molecule has 1 fully saturated rings. The third-order valence-electron chi connectivity index (χ3n) is 3.23. The van der Waals surface area contributed by atoms with E-state index in [0.29, 0.717) is 6.61 Å². The van der Waals surface area contributed by atoms with Gasteiger partial charge in [0.05, 0.1) is 0 Å². The summed E-state index contributed by atoms with van der Waals surface area (Å²) in [6.07, 6.45) is 11.1. The van der Waals surface area contributed by atoms with Gasteiger partial charge in [-0.2, -0.15) is 11.8 Å². The number of unbranched alkanes of at least 4 members (excludes halogenated alkanes) is 2. The molecule has 1 aliphatic rings. The summed E-state index contributed by atoms with van der Waals surface area (Å²) in [5.74, 6) is 0. The Kier molecular flexibility index (Phi) is 7.49. The molecule has 1 rings (SSSR count). The molecule has 0 saturated heterocycles. The molecule has 2 unspecified atom stereocenters. The number of aliphatic hydroxyl groups excluding tert-OH is 1. The predicted molar refractivity (Wildman–Crippen MR) is 68.5 cm³/mol. The van der Waals surface area contributed by atoms with Gasteiger partial charge in [0.25, 0.3) is 0 Å². The Morgan fingerprint density at radius 1 is 1.27 bits per heavy atom. The molecule has 2 N–H and O–H groups in total. The molecule has 0 aromatic carbocycles. The highest BCUT2D eigenvalue weighted by molar-refractivity contribution is 7.99. The SMILES string of the molecule is CSC1CCCC(NCCCCCO)C1. The third-order valence-corrected chi connectivity index (χ3v) is 4.32. The summed E-state index contributed by atoms with van der Waals surface area (Å²) in [7, 11) is 0. The molecule has 0 aliphatic heterocycles. The fourth-order valence-electron chi connectivity index (χ4n) is 2.26. The monoisotopic (exact) mass is 231 g/mol. The van der Waals surface area contributed by atoms with E-state index in [1.165, 1.54) is 32.1 Å². The lowest BCUT2D eigenvalue weighted by Gasteiger charge is -2.28. The molecule has 0 aromatic rings. The van der Waals surface area contributed by atoms with Gasteiger partial charge in [0.2, 0.25) is 0 Å². The molecule has 0 heterocycles. The maximum Gasteiger partial charge on any atom is 0.0431 e. The zero-order chi connectivity index (χ0) is 10.9. The van der Waals surface area contributed by atoms with Crippen LogP contribution in [-0.2, 0) is 0 Å². The number of hydrogen-bond donors (Lipinski definition) is 2. The zero-order valence-corrected chi connectivity index (χ0v) is 10.7. The Bertz CT molecular complexity index is 155. The fourth-order valence-corrected chi connectivity index (χ4v) is 3.09. The summed E-state index contributed by atoms with van der Waals surface area (Å²) in [6, 6.07) is 0.755. The van der Waals surface area contributed by atoms with Crippen LogP contribution in [0.3, 0.4) is 0 Å². The topological polar surface area (TPSA) is 32.3 Å². The first-order chi connectivity index (χ1) is 7.36. The van der Waals surface area contributed by atoms with E-state index in [1.807, 2.05) is 11.8 Å². The normalized spacial score (nSPS) is 26.8. The summed E-state index contributed by atoms with van der Waals surface area (Å²) in [5, 5.41) is 13.2. The van der Waals surface area contributed by atoms with Gasteiger partial charge < -0.3 is 10.4 Å². The van der Waals surface area contributed by atoms with Gasteiger partial charge in [0.1, 0.15) is 0 Å². The molecule has 90 valence electrons. The van der Waals surface area contributed by atoms with Crippen molar-refractivity contribution in [3.05, 3.63) is 0 Å². The average molecular weight is 231 g/mol. The smallest absolute Gasteiger partial charge is 0.0431 e. The van der Waals surface area contributed by atoms with E-state index in [-0.39, 0.29) is 0 Å². The molecule has 0 spiro atoms. The number of nitrogens with one attached hydrogen (secondary N) is 1. The quantitative estimate of drug-likeness (QED) is 0.660. The van der Waals surface area contributed by atoms with Crippen LogP contribution < -0.4 is 5.32 Å². The van der Waals surface area contributed by atoms with Crippen molar-refractivity contribution in [2.75, 3.05) is 19.4 Å². The van der Waals surface area contributed by atoms with Crippen molar-refractivity contribution in [1.82, 2.24) is 5.32 Å². The minimum Gasteiger partial charge on any atom is -0.396 e. The van der Waals surface area contributed by atoms with Gasteiger partial charge in [-0.1, -0.05) is 6.42 Å². The van der Waals surface area contributed by atoms with Crippen molar-refractivity contribution in [3.63, 3.8) is 0 Å². The second-order valence-electron chi connectivity index (χ2n) is 4.46. The fraction of sp³-hybridized carbons (Fsp3) is 1.00. The molecule has 2 nitrogen and oxygen atoms in total. The standard InChI is InChI=1S/C12H25NOS/c1-15-12-7-5-6-11(10-12)13-8-3-2-4-9-14/h11-14H,2-10H2,1H3. The van der Waals surface area contributed by atoms with Crippen LogP contribution in [0.4, 0.5) is 0 Å². The lowest BCUT2D eigenvalue weighted by Crippen LogP contribution is -2.35. The maximum absolute atomic E-state index is 8.66. The van der Waals surface area contributed by atoms with Crippen LogP contribution >= 0.6 is 11.8 Å². The van der Waals surface area contributed by atoms with Gasteiger partial charge in [0.15, 0.2) is 0 Å². The highest BCUT2D eigenvalue weighted by atomic mass is 32.2. The van der Waals surface area contributed by atoms with E-state index < -0.39 is 0 Å². The van der Waals surface area contributed by atoms with E-state index in [2.05, 4.69) is 11.6 Å². The van der Waals surface area contributed by atoms with Crippen molar-refractivity contribution >= 4 is 11.8 Å². The van der Waals surface area contributed by atoms with Gasteiger partial charge in [-0.15, -0.1) is 0 Å². The Hall–Kier alpha value is 0.270. The van der Waals surface area contributed by atoms with Crippen LogP contribution in [0.25, 0.3) is 0 Å². The zero-order valence-electron chi connectivity index (χ0n) is 9.87. The van der Waals surface area contributed by atoms with Crippen molar-refractivity contribution < 1.29 is 5.11 Å². The highest BCUT2D eigenvalue weighted by Crippen LogP contribution is 2.26. The summed E-state index contributed by atoms with van der Waals surface area (Å²) in [4.78, 5) is 0. The van der Waals surface area contributed by atoms with Crippen LogP contribution in [-0.4, -0.2) is 35.8 Å². The average Bonchev–Trinajstić information content (AvgIpc) is 2.29. The third kappa shape index (κ3) is 5.79. The maximum atomic E-state index is 8.66.